The Balaban J connectivity index is 1.52. The van der Waals surface area contributed by atoms with Crippen molar-refractivity contribution in [1.82, 2.24) is 15.0 Å². The zero-order chi connectivity index (χ0) is 21.5. The van der Waals surface area contributed by atoms with E-state index in [9.17, 15) is 9.59 Å². The Morgan fingerprint density at radius 3 is 2.81 bits per heavy atom. The standard InChI is InChI=1S/C25H23N3O3/c1-14-10-11-20-18(12-14)22(16-7-3-4-9-19(16)26-20)25(30)31-13-21-27-23-15(2)6-5-8-17(23)24(29)28-21/h3-9,14H,10-13H2,1-2H3,(H,27,28,29). The van der Waals surface area contributed by atoms with E-state index < -0.39 is 5.97 Å². The van der Waals surface area contributed by atoms with Gasteiger partial charge in [0.2, 0.25) is 0 Å². The SMILES string of the molecule is Cc1cccc2c(=O)[nH]c(COC(=O)c3c4c(nc5ccccc35)CCC(C)C4)nc12. The lowest BCUT2D eigenvalue weighted by Gasteiger charge is -2.24. The first kappa shape index (κ1) is 19.4. The smallest absolute Gasteiger partial charge is 0.339 e. The van der Waals surface area contributed by atoms with Crippen molar-refractivity contribution < 1.29 is 9.53 Å². The van der Waals surface area contributed by atoms with Crippen molar-refractivity contribution in [3.63, 3.8) is 0 Å². The zero-order valence-corrected chi connectivity index (χ0v) is 17.6. The second-order valence-electron chi connectivity index (χ2n) is 8.34. The number of benzene rings is 2. The Hall–Kier alpha value is -3.54. The van der Waals surface area contributed by atoms with Gasteiger partial charge in [-0.05, 0) is 55.4 Å². The molecule has 0 aliphatic heterocycles. The van der Waals surface area contributed by atoms with E-state index in [0.29, 0.717) is 28.2 Å². The Morgan fingerprint density at radius 1 is 1.13 bits per heavy atom. The maximum Gasteiger partial charge on any atom is 0.339 e. The molecule has 1 atom stereocenters. The second kappa shape index (κ2) is 7.61. The summed E-state index contributed by atoms with van der Waals surface area (Å²) in [5.41, 5.74) is 4.65. The maximum absolute atomic E-state index is 13.3. The molecule has 0 radical (unpaired) electrons. The van der Waals surface area contributed by atoms with Crippen molar-refractivity contribution in [2.24, 2.45) is 5.92 Å². The van der Waals surface area contributed by atoms with Crippen LogP contribution in [0.1, 0.15) is 46.3 Å². The lowest BCUT2D eigenvalue weighted by molar-refractivity contribution is 0.0462. The number of carbonyl (C=O) groups is 1. The van der Waals surface area contributed by atoms with Crippen LogP contribution in [0.2, 0.25) is 0 Å². The fraction of sp³-hybridized carbons (Fsp3) is 0.280. The van der Waals surface area contributed by atoms with E-state index in [1.54, 1.807) is 6.07 Å². The molecule has 2 aromatic carbocycles. The van der Waals surface area contributed by atoms with E-state index in [0.717, 1.165) is 47.0 Å². The second-order valence-corrected chi connectivity index (χ2v) is 8.34. The highest BCUT2D eigenvalue weighted by molar-refractivity contribution is 6.05. The van der Waals surface area contributed by atoms with Crippen LogP contribution in [-0.2, 0) is 24.2 Å². The summed E-state index contributed by atoms with van der Waals surface area (Å²) in [7, 11) is 0. The maximum atomic E-state index is 13.3. The van der Waals surface area contributed by atoms with Gasteiger partial charge in [0.25, 0.3) is 5.56 Å². The molecule has 0 saturated heterocycles. The number of pyridine rings is 1. The van der Waals surface area contributed by atoms with Crippen LogP contribution in [0.4, 0.5) is 0 Å². The summed E-state index contributed by atoms with van der Waals surface area (Å²) in [4.78, 5) is 37.7. The first-order valence-electron chi connectivity index (χ1n) is 10.6. The monoisotopic (exact) mass is 413 g/mol. The number of aromatic amines is 1. The summed E-state index contributed by atoms with van der Waals surface area (Å²) in [6.07, 6.45) is 2.73. The van der Waals surface area contributed by atoms with Crippen molar-refractivity contribution >= 4 is 27.8 Å². The van der Waals surface area contributed by atoms with Gasteiger partial charge in [-0.1, -0.05) is 37.3 Å². The van der Waals surface area contributed by atoms with Crippen molar-refractivity contribution in [2.75, 3.05) is 0 Å². The number of esters is 1. The molecule has 31 heavy (non-hydrogen) atoms. The van der Waals surface area contributed by atoms with Gasteiger partial charge in [0.1, 0.15) is 12.4 Å². The molecule has 0 saturated carbocycles. The number of fused-ring (bicyclic) bond motifs is 3. The van der Waals surface area contributed by atoms with E-state index in [1.807, 2.05) is 43.3 Å². The third kappa shape index (κ3) is 3.48. The molecule has 0 amide bonds. The van der Waals surface area contributed by atoms with Gasteiger partial charge >= 0.3 is 5.97 Å². The molecule has 6 nitrogen and oxygen atoms in total. The van der Waals surface area contributed by atoms with Gasteiger partial charge in [-0.25, -0.2) is 9.78 Å². The number of hydrogen-bond donors (Lipinski definition) is 1. The largest absolute Gasteiger partial charge is 0.454 e. The van der Waals surface area contributed by atoms with Gasteiger partial charge in [-0.3, -0.25) is 9.78 Å². The number of nitrogens with zero attached hydrogens (tertiary/aromatic N) is 2. The number of nitrogens with one attached hydrogen (secondary N) is 1. The minimum Gasteiger partial charge on any atom is -0.454 e. The van der Waals surface area contributed by atoms with Gasteiger partial charge in [-0.2, -0.15) is 0 Å². The third-order valence-corrected chi connectivity index (χ3v) is 6.04. The van der Waals surface area contributed by atoms with Crippen LogP contribution >= 0.6 is 0 Å². The predicted molar refractivity (Wildman–Crippen MR) is 119 cm³/mol. The van der Waals surface area contributed by atoms with Crippen molar-refractivity contribution in [3.8, 4) is 0 Å². The number of para-hydroxylation sites is 2. The molecule has 1 N–H and O–H groups in total. The number of hydrogen-bond acceptors (Lipinski definition) is 5. The van der Waals surface area contributed by atoms with E-state index in [4.69, 9.17) is 9.72 Å². The molecule has 1 aliphatic carbocycles. The van der Waals surface area contributed by atoms with Crippen LogP contribution in [0.3, 0.4) is 0 Å². The topological polar surface area (TPSA) is 84.9 Å². The van der Waals surface area contributed by atoms with Gasteiger partial charge < -0.3 is 9.72 Å². The summed E-state index contributed by atoms with van der Waals surface area (Å²) < 4.78 is 5.67. The first-order valence-corrected chi connectivity index (χ1v) is 10.6. The van der Waals surface area contributed by atoms with Crippen LogP contribution in [0.15, 0.2) is 47.3 Å². The minimum atomic E-state index is -0.406. The fourth-order valence-electron chi connectivity index (χ4n) is 4.42. The van der Waals surface area contributed by atoms with Crippen molar-refractivity contribution in [3.05, 3.63) is 81.0 Å². The lowest BCUT2D eigenvalue weighted by atomic mass is 9.84. The molecule has 1 unspecified atom stereocenters. The predicted octanol–water partition coefficient (Wildman–Crippen LogP) is 4.26. The highest BCUT2D eigenvalue weighted by atomic mass is 16.5. The minimum absolute atomic E-state index is 0.0979. The highest BCUT2D eigenvalue weighted by Crippen LogP contribution is 2.32. The van der Waals surface area contributed by atoms with Crippen LogP contribution < -0.4 is 5.56 Å². The molecule has 2 heterocycles. The molecule has 0 spiro atoms. The zero-order valence-electron chi connectivity index (χ0n) is 17.6. The molecule has 6 heteroatoms. The fourth-order valence-corrected chi connectivity index (χ4v) is 4.42. The van der Waals surface area contributed by atoms with Gasteiger partial charge in [-0.15, -0.1) is 0 Å². The lowest BCUT2D eigenvalue weighted by Crippen LogP contribution is -2.20. The number of aryl methyl sites for hydroxylation is 2. The first-order chi connectivity index (χ1) is 15.0. The van der Waals surface area contributed by atoms with Crippen LogP contribution in [-0.4, -0.2) is 20.9 Å². The van der Waals surface area contributed by atoms with Crippen molar-refractivity contribution in [1.29, 1.82) is 0 Å². The third-order valence-electron chi connectivity index (χ3n) is 6.04. The molecule has 2 aromatic heterocycles. The van der Waals surface area contributed by atoms with E-state index in [-0.39, 0.29) is 12.2 Å². The Bertz CT molecular complexity index is 1390. The Morgan fingerprint density at radius 2 is 1.94 bits per heavy atom. The summed E-state index contributed by atoms with van der Waals surface area (Å²) in [5.74, 6) is 0.417. The van der Waals surface area contributed by atoms with Crippen molar-refractivity contribution in [2.45, 2.75) is 39.7 Å². The van der Waals surface area contributed by atoms with Crippen LogP contribution in [0, 0.1) is 12.8 Å². The van der Waals surface area contributed by atoms with E-state index in [1.165, 1.54) is 0 Å². The van der Waals surface area contributed by atoms with Gasteiger partial charge in [0, 0.05) is 11.1 Å². The summed E-state index contributed by atoms with van der Waals surface area (Å²) >= 11 is 0. The number of H-pyrrole nitrogens is 1. The highest BCUT2D eigenvalue weighted by Gasteiger charge is 2.26. The molecule has 0 fully saturated rings. The molecule has 4 aromatic rings. The molecule has 0 bridgehead atoms. The van der Waals surface area contributed by atoms with E-state index >= 15 is 0 Å². The van der Waals surface area contributed by atoms with Crippen LogP contribution in [0.25, 0.3) is 21.8 Å². The number of ether oxygens (including phenoxy) is 1. The Kier molecular flexibility index (Phi) is 4.77. The van der Waals surface area contributed by atoms with Gasteiger partial charge in [0.15, 0.2) is 0 Å². The Labute approximate surface area is 179 Å². The molecular formula is C25H23N3O3. The summed E-state index contributed by atoms with van der Waals surface area (Å²) in [6.45, 7) is 4.00. The number of rotatable bonds is 3. The van der Waals surface area contributed by atoms with Gasteiger partial charge in [0.05, 0.1) is 22.0 Å². The molecule has 5 rings (SSSR count). The average molecular weight is 413 g/mol. The molecule has 156 valence electrons. The van der Waals surface area contributed by atoms with Crippen LogP contribution in [0.5, 0.6) is 0 Å². The summed E-state index contributed by atoms with van der Waals surface area (Å²) in [6, 6.07) is 13.1. The summed E-state index contributed by atoms with van der Waals surface area (Å²) in [5, 5.41) is 1.33. The van der Waals surface area contributed by atoms with E-state index in [2.05, 4.69) is 16.9 Å². The number of carbonyl (C=O) groups excluding carboxylic acids is 1. The average Bonchev–Trinajstić information content (AvgIpc) is 2.76. The molecular weight excluding hydrogens is 390 g/mol. The normalized spacial score (nSPS) is 15.7. The number of aromatic nitrogens is 3. The quantitative estimate of drug-likeness (QED) is 0.507. The molecule has 1 aliphatic rings.